The van der Waals surface area contributed by atoms with Crippen molar-refractivity contribution in [3.05, 3.63) is 267 Å². The van der Waals surface area contributed by atoms with Crippen LogP contribution in [0.15, 0.2) is 267 Å². The van der Waals surface area contributed by atoms with Gasteiger partial charge in [0, 0.05) is 34.1 Å². The van der Waals surface area contributed by atoms with Crippen LogP contribution in [0.4, 0.5) is 34.1 Å². The van der Waals surface area contributed by atoms with Gasteiger partial charge in [-0.15, -0.1) is 0 Å². The molecule has 0 unspecified atom stereocenters. The van der Waals surface area contributed by atoms with Crippen LogP contribution in [0, 0.1) is 0 Å². The molecule has 12 aromatic carbocycles. The van der Waals surface area contributed by atoms with Gasteiger partial charge in [-0.3, -0.25) is 0 Å². The van der Waals surface area contributed by atoms with E-state index in [1.165, 1.54) is 76.8 Å². The molecule has 0 bridgehead atoms. The molecule has 0 fully saturated rings. The first-order valence-corrected chi connectivity index (χ1v) is 22.7. The van der Waals surface area contributed by atoms with Crippen LogP contribution in [0.2, 0.25) is 0 Å². The smallest absolute Gasteiger partial charge is 0.0473 e. The molecule has 12 rings (SSSR count). The highest BCUT2D eigenvalue weighted by atomic mass is 15.1. The molecule has 0 saturated carbocycles. The normalized spacial score (nSPS) is 11.3. The number of rotatable bonds is 10. The van der Waals surface area contributed by atoms with E-state index in [2.05, 4.69) is 277 Å². The highest BCUT2D eigenvalue weighted by Gasteiger charge is 2.21. The van der Waals surface area contributed by atoms with Crippen molar-refractivity contribution in [2.45, 2.75) is 0 Å². The van der Waals surface area contributed by atoms with Crippen LogP contribution in [0.5, 0.6) is 0 Å². The third-order valence-electron chi connectivity index (χ3n) is 12.8. The molecule has 0 radical (unpaired) electrons. The van der Waals surface area contributed by atoms with Crippen LogP contribution >= 0.6 is 0 Å². The number of hydrogen-bond donors (Lipinski definition) is 0. The van der Waals surface area contributed by atoms with Crippen LogP contribution in [0.25, 0.3) is 76.8 Å². The van der Waals surface area contributed by atoms with E-state index in [0.29, 0.717) is 0 Å². The second kappa shape index (κ2) is 16.8. The second-order valence-electron chi connectivity index (χ2n) is 17.0. The Kier molecular flexibility index (Phi) is 9.89. The zero-order valence-electron chi connectivity index (χ0n) is 36.3. The van der Waals surface area contributed by atoms with Crippen molar-refractivity contribution in [1.82, 2.24) is 0 Å². The Labute approximate surface area is 385 Å². The standard InChI is InChI=1S/C64H44N2/c1-7-19-45(20-8-1)53-35-54(46-21-9-2-10-22-46)42-61(41-53)65(57-27-15-5-16-28-57)59-37-49-31-33-51-39-60(40-52-34-32-50(38-59)63(49)64(51)52)66(58-29-17-6-18-30-58)62-43-55(47-23-11-3-12-24-47)36-56(44-62)48-25-13-4-14-26-48/h1-44H. The first-order valence-electron chi connectivity index (χ1n) is 22.7. The maximum Gasteiger partial charge on any atom is 0.0473 e. The van der Waals surface area contributed by atoms with Crippen molar-refractivity contribution in [2.75, 3.05) is 9.80 Å². The Hall–Kier alpha value is -8.72. The molecular formula is C64H44N2. The van der Waals surface area contributed by atoms with E-state index in [9.17, 15) is 0 Å². The number of nitrogens with zero attached hydrogens (tertiary/aromatic N) is 2. The lowest BCUT2D eigenvalue weighted by atomic mass is 9.92. The summed E-state index contributed by atoms with van der Waals surface area (Å²) in [4.78, 5) is 4.83. The molecule has 0 N–H and O–H groups in total. The van der Waals surface area contributed by atoms with E-state index < -0.39 is 0 Å². The Morgan fingerprint density at radius 2 is 0.394 bits per heavy atom. The second-order valence-corrected chi connectivity index (χ2v) is 17.0. The minimum Gasteiger partial charge on any atom is -0.310 e. The van der Waals surface area contributed by atoms with Gasteiger partial charge in [-0.1, -0.05) is 182 Å². The molecular weight excluding hydrogens is 797 g/mol. The molecule has 0 saturated heterocycles. The van der Waals surface area contributed by atoms with Crippen LogP contribution in [0.3, 0.4) is 0 Å². The average molecular weight is 841 g/mol. The molecule has 66 heavy (non-hydrogen) atoms. The van der Waals surface area contributed by atoms with E-state index in [1.54, 1.807) is 0 Å². The van der Waals surface area contributed by atoms with Crippen molar-refractivity contribution < 1.29 is 0 Å². The lowest BCUT2D eigenvalue weighted by Crippen LogP contribution is -2.11. The van der Waals surface area contributed by atoms with Crippen molar-refractivity contribution in [2.24, 2.45) is 0 Å². The van der Waals surface area contributed by atoms with Gasteiger partial charge in [0.2, 0.25) is 0 Å². The van der Waals surface area contributed by atoms with Crippen molar-refractivity contribution in [1.29, 1.82) is 0 Å². The summed E-state index contributed by atoms with van der Waals surface area (Å²) in [6, 6.07) is 97.0. The predicted molar refractivity (Wildman–Crippen MR) is 281 cm³/mol. The van der Waals surface area contributed by atoms with Gasteiger partial charge in [0.05, 0.1) is 0 Å². The van der Waals surface area contributed by atoms with Gasteiger partial charge in [0.15, 0.2) is 0 Å². The predicted octanol–water partition coefficient (Wildman–Crippen LogP) is 18.2. The van der Waals surface area contributed by atoms with Crippen LogP contribution in [0.1, 0.15) is 0 Å². The minimum absolute atomic E-state index is 1.10. The first-order chi connectivity index (χ1) is 32.7. The zero-order chi connectivity index (χ0) is 43.8. The lowest BCUT2D eigenvalue weighted by Gasteiger charge is -2.29. The largest absolute Gasteiger partial charge is 0.310 e. The Bertz CT molecular complexity index is 3190. The van der Waals surface area contributed by atoms with Crippen molar-refractivity contribution in [3.8, 4) is 44.5 Å². The van der Waals surface area contributed by atoms with Gasteiger partial charge in [-0.25, -0.2) is 0 Å². The van der Waals surface area contributed by atoms with Gasteiger partial charge in [-0.2, -0.15) is 0 Å². The SMILES string of the molecule is c1ccc(-c2cc(-c3ccccc3)cc(N(c3ccccc3)c3cc4ccc5cc(N(c6ccccc6)c6cc(-c7ccccc7)cc(-c7ccccc7)c6)cc6ccc(c3)c4c56)c2)cc1. The van der Waals surface area contributed by atoms with Crippen LogP contribution in [-0.2, 0) is 0 Å². The molecule has 2 heteroatoms. The minimum atomic E-state index is 1.10. The monoisotopic (exact) mass is 840 g/mol. The molecule has 0 heterocycles. The fourth-order valence-corrected chi connectivity index (χ4v) is 9.78. The molecule has 0 aliphatic rings. The lowest BCUT2D eigenvalue weighted by molar-refractivity contribution is 1.29. The highest BCUT2D eigenvalue weighted by Crippen LogP contribution is 2.46. The number of para-hydroxylation sites is 2. The van der Waals surface area contributed by atoms with E-state index >= 15 is 0 Å². The molecule has 0 spiro atoms. The molecule has 0 aliphatic carbocycles. The molecule has 2 nitrogen and oxygen atoms in total. The van der Waals surface area contributed by atoms with Crippen LogP contribution in [-0.4, -0.2) is 0 Å². The summed E-state index contributed by atoms with van der Waals surface area (Å²) in [7, 11) is 0. The molecule has 0 amide bonds. The third kappa shape index (κ3) is 7.31. The van der Waals surface area contributed by atoms with Crippen molar-refractivity contribution >= 4 is 66.4 Å². The van der Waals surface area contributed by atoms with Gasteiger partial charge < -0.3 is 9.80 Å². The molecule has 0 aromatic heterocycles. The Morgan fingerprint density at radius 1 is 0.167 bits per heavy atom. The van der Waals surface area contributed by atoms with Gasteiger partial charge in [-0.05, 0) is 162 Å². The average Bonchev–Trinajstić information content (AvgIpc) is 3.39. The Balaban J connectivity index is 1.02. The summed E-state index contributed by atoms with van der Waals surface area (Å²) in [6.45, 7) is 0. The Morgan fingerprint density at radius 3 is 0.652 bits per heavy atom. The van der Waals surface area contributed by atoms with Gasteiger partial charge in [0.25, 0.3) is 0 Å². The first kappa shape index (κ1) is 38.9. The highest BCUT2D eigenvalue weighted by molar-refractivity contribution is 6.24. The van der Waals surface area contributed by atoms with Gasteiger partial charge in [0.1, 0.15) is 0 Å². The van der Waals surface area contributed by atoms with E-state index in [0.717, 1.165) is 34.1 Å². The maximum absolute atomic E-state index is 2.41. The van der Waals surface area contributed by atoms with Gasteiger partial charge >= 0.3 is 0 Å². The summed E-state index contributed by atoms with van der Waals surface area (Å²) in [5.41, 5.74) is 16.1. The van der Waals surface area contributed by atoms with Crippen LogP contribution < -0.4 is 9.80 Å². The number of benzene rings is 12. The zero-order valence-corrected chi connectivity index (χ0v) is 36.3. The number of anilines is 6. The maximum atomic E-state index is 2.41. The molecule has 0 aliphatic heterocycles. The fraction of sp³-hybridized carbons (Fsp3) is 0. The molecule has 0 atom stereocenters. The van der Waals surface area contributed by atoms with E-state index in [1.807, 2.05) is 0 Å². The van der Waals surface area contributed by atoms with E-state index in [4.69, 9.17) is 0 Å². The quantitative estimate of drug-likeness (QED) is 0.127. The molecule has 12 aromatic rings. The summed E-state index contributed by atoms with van der Waals surface area (Å²) < 4.78 is 0. The summed E-state index contributed by atoms with van der Waals surface area (Å²) >= 11 is 0. The van der Waals surface area contributed by atoms with E-state index in [-0.39, 0.29) is 0 Å². The summed E-state index contributed by atoms with van der Waals surface area (Å²) in [5, 5.41) is 7.39. The summed E-state index contributed by atoms with van der Waals surface area (Å²) in [5.74, 6) is 0. The fourth-order valence-electron chi connectivity index (χ4n) is 9.78. The summed E-state index contributed by atoms with van der Waals surface area (Å²) in [6.07, 6.45) is 0. The topological polar surface area (TPSA) is 6.48 Å². The third-order valence-corrected chi connectivity index (χ3v) is 12.8. The molecule has 310 valence electrons. The van der Waals surface area contributed by atoms with Crippen molar-refractivity contribution in [3.63, 3.8) is 0 Å². The number of hydrogen-bond acceptors (Lipinski definition) is 2.